The Hall–Kier alpha value is -1.39. The van der Waals surface area contributed by atoms with Gasteiger partial charge in [-0.25, -0.2) is 0 Å². The topological polar surface area (TPSA) is 55.6 Å². The quantitative estimate of drug-likeness (QED) is 0.846. The molecule has 1 saturated heterocycles. The van der Waals surface area contributed by atoms with Gasteiger partial charge >= 0.3 is 0 Å². The predicted octanol–water partition coefficient (Wildman–Crippen LogP) is 1.01. The number of carbonyl (C=O) groups excluding carboxylic acids is 1. The van der Waals surface area contributed by atoms with E-state index in [0.717, 1.165) is 5.69 Å². The molecule has 1 aromatic rings. The number of nitrogens with two attached hydrogens (primary N) is 1. The maximum absolute atomic E-state index is 12.5. The number of ether oxygens (including phenoxy) is 1. The van der Waals surface area contributed by atoms with Gasteiger partial charge in [0, 0.05) is 18.8 Å². The highest BCUT2D eigenvalue weighted by Crippen LogP contribution is 2.30. The molecule has 0 bridgehead atoms. The molecule has 1 aliphatic heterocycles. The monoisotopic (exact) mass is 234 g/mol. The summed E-state index contributed by atoms with van der Waals surface area (Å²) in [6.45, 7) is 3.83. The third-order valence-electron chi connectivity index (χ3n) is 3.23. The summed E-state index contributed by atoms with van der Waals surface area (Å²) in [7, 11) is 0. The smallest absolute Gasteiger partial charge is 0.239 e. The zero-order chi connectivity index (χ0) is 12.3. The van der Waals surface area contributed by atoms with Crippen molar-refractivity contribution in [3.8, 4) is 0 Å². The van der Waals surface area contributed by atoms with Crippen molar-refractivity contribution in [3.05, 3.63) is 30.3 Å². The van der Waals surface area contributed by atoms with Gasteiger partial charge in [0.25, 0.3) is 0 Å². The van der Waals surface area contributed by atoms with Crippen LogP contribution in [0.1, 0.15) is 6.92 Å². The molecule has 1 heterocycles. The summed E-state index contributed by atoms with van der Waals surface area (Å²) in [5, 5.41) is 0. The molecule has 92 valence electrons. The Morgan fingerprint density at radius 3 is 2.47 bits per heavy atom. The number of hydrogen-bond donors (Lipinski definition) is 1. The molecule has 0 aliphatic carbocycles. The van der Waals surface area contributed by atoms with E-state index in [1.54, 1.807) is 4.90 Å². The molecule has 0 aromatic heterocycles. The fourth-order valence-electron chi connectivity index (χ4n) is 2.01. The lowest BCUT2D eigenvalue weighted by atomic mass is 9.84. The molecule has 0 atom stereocenters. The van der Waals surface area contributed by atoms with Crippen LogP contribution in [-0.4, -0.2) is 32.2 Å². The van der Waals surface area contributed by atoms with E-state index in [2.05, 4.69) is 0 Å². The number of rotatable bonds is 4. The molecular weight excluding hydrogens is 216 g/mol. The second-order valence-electron chi connectivity index (χ2n) is 4.36. The summed E-state index contributed by atoms with van der Waals surface area (Å²) in [5.74, 6) is 0.0694. The van der Waals surface area contributed by atoms with E-state index in [0.29, 0.717) is 26.3 Å². The molecule has 4 nitrogen and oxygen atoms in total. The van der Waals surface area contributed by atoms with Crippen molar-refractivity contribution in [2.45, 2.75) is 6.92 Å². The molecule has 0 spiro atoms. The molecule has 0 radical (unpaired) electrons. The highest BCUT2D eigenvalue weighted by atomic mass is 16.5. The average Bonchev–Trinajstić information content (AvgIpc) is 2.31. The van der Waals surface area contributed by atoms with Crippen molar-refractivity contribution in [2.24, 2.45) is 11.1 Å². The molecule has 1 fully saturated rings. The van der Waals surface area contributed by atoms with Gasteiger partial charge in [0.1, 0.15) is 5.41 Å². The van der Waals surface area contributed by atoms with Crippen LogP contribution >= 0.6 is 0 Å². The average molecular weight is 234 g/mol. The molecule has 17 heavy (non-hydrogen) atoms. The Kier molecular flexibility index (Phi) is 3.45. The van der Waals surface area contributed by atoms with Crippen molar-refractivity contribution >= 4 is 11.6 Å². The van der Waals surface area contributed by atoms with Gasteiger partial charge in [-0.15, -0.1) is 0 Å². The van der Waals surface area contributed by atoms with Crippen LogP contribution in [0.5, 0.6) is 0 Å². The van der Waals surface area contributed by atoms with Gasteiger partial charge in [-0.1, -0.05) is 18.2 Å². The van der Waals surface area contributed by atoms with Crippen LogP contribution in [0, 0.1) is 5.41 Å². The molecule has 4 heteroatoms. The SMILES string of the molecule is CCN(C(=O)C1(CN)COC1)c1ccccc1. The number of anilines is 1. The molecule has 1 aromatic carbocycles. The minimum absolute atomic E-state index is 0.0694. The van der Waals surface area contributed by atoms with E-state index >= 15 is 0 Å². The first-order valence-electron chi connectivity index (χ1n) is 5.88. The lowest BCUT2D eigenvalue weighted by Crippen LogP contribution is -2.59. The molecule has 1 aliphatic rings. The summed E-state index contributed by atoms with van der Waals surface area (Å²) in [6.07, 6.45) is 0. The Labute approximate surface area is 101 Å². The number of benzene rings is 1. The molecule has 2 N–H and O–H groups in total. The highest BCUT2D eigenvalue weighted by Gasteiger charge is 2.46. The van der Waals surface area contributed by atoms with E-state index in [4.69, 9.17) is 10.5 Å². The summed E-state index contributed by atoms with van der Waals surface area (Å²) >= 11 is 0. The fourth-order valence-corrected chi connectivity index (χ4v) is 2.01. The number of para-hydroxylation sites is 1. The number of amides is 1. The van der Waals surface area contributed by atoms with Crippen LogP contribution in [0.3, 0.4) is 0 Å². The third kappa shape index (κ3) is 2.06. The highest BCUT2D eigenvalue weighted by molar-refractivity contribution is 5.98. The van der Waals surface area contributed by atoms with Gasteiger partial charge in [0.15, 0.2) is 0 Å². The number of nitrogens with zero attached hydrogens (tertiary/aromatic N) is 1. The van der Waals surface area contributed by atoms with Crippen molar-refractivity contribution < 1.29 is 9.53 Å². The van der Waals surface area contributed by atoms with Crippen LogP contribution in [0.2, 0.25) is 0 Å². The lowest BCUT2D eigenvalue weighted by Gasteiger charge is -2.42. The molecule has 0 saturated carbocycles. The maximum atomic E-state index is 12.5. The van der Waals surface area contributed by atoms with Crippen molar-refractivity contribution in [1.29, 1.82) is 0 Å². The Morgan fingerprint density at radius 1 is 1.41 bits per heavy atom. The first kappa shape index (κ1) is 12.1. The summed E-state index contributed by atoms with van der Waals surface area (Å²) < 4.78 is 5.15. The van der Waals surface area contributed by atoms with Crippen molar-refractivity contribution in [3.63, 3.8) is 0 Å². The van der Waals surface area contributed by atoms with E-state index in [1.165, 1.54) is 0 Å². The Balaban J connectivity index is 2.22. The van der Waals surface area contributed by atoms with Gasteiger partial charge < -0.3 is 15.4 Å². The minimum Gasteiger partial charge on any atom is -0.379 e. The molecule has 0 unspecified atom stereocenters. The first-order chi connectivity index (χ1) is 8.23. The van der Waals surface area contributed by atoms with Gasteiger partial charge in [-0.3, -0.25) is 4.79 Å². The predicted molar refractivity (Wildman–Crippen MR) is 66.8 cm³/mol. The van der Waals surface area contributed by atoms with Crippen molar-refractivity contribution in [1.82, 2.24) is 0 Å². The lowest BCUT2D eigenvalue weighted by molar-refractivity contribution is -0.156. The van der Waals surface area contributed by atoms with Gasteiger partial charge in [-0.05, 0) is 19.1 Å². The van der Waals surface area contributed by atoms with Crippen LogP contribution in [0.4, 0.5) is 5.69 Å². The van der Waals surface area contributed by atoms with Crippen LogP contribution < -0.4 is 10.6 Å². The Bertz CT molecular complexity index is 382. The molecule has 1 amide bonds. The van der Waals surface area contributed by atoms with E-state index in [-0.39, 0.29) is 5.91 Å². The summed E-state index contributed by atoms with van der Waals surface area (Å²) in [4.78, 5) is 14.2. The fraction of sp³-hybridized carbons (Fsp3) is 0.462. The summed E-state index contributed by atoms with van der Waals surface area (Å²) in [6, 6.07) is 9.67. The second kappa shape index (κ2) is 4.85. The van der Waals surface area contributed by atoms with Crippen LogP contribution in [0.25, 0.3) is 0 Å². The third-order valence-corrected chi connectivity index (χ3v) is 3.23. The Morgan fingerprint density at radius 2 is 2.06 bits per heavy atom. The second-order valence-corrected chi connectivity index (χ2v) is 4.36. The van der Waals surface area contributed by atoms with Gasteiger partial charge in [0.05, 0.1) is 13.2 Å². The van der Waals surface area contributed by atoms with E-state index in [9.17, 15) is 4.79 Å². The minimum atomic E-state index is -0.508. The number of carbonyl (C=O) groups is 1. The van der Waals surface area contributed by atoms with Crippen LogP contribution in [0.15, 0.2) is 30.3 Å². The molecular formula is C13H18N2O2. The van der Waals surface area contributed by atoms with Gasteiger partial charge in [-0.2, -0.15) is 0 Å². The van der Waals surface area contributed by atoms with Gasteiger partial charge in [0.2, 0.25) is 5.91 Å². The molecule has 2 rings (SSSR count). The summed E-state index contributed by atoms with van der Waals surface area (Å²) in [5.41, 5.74) is 6.12. The largest absolute Gasteiger partial charge is 0.379 e. The standard InChI is InChI=1S/C13H18N2O2/c1-2-15(11-6-4-3-5-7-11)12(16)13(8-14)9-17-10-13/h3-7H,2,8-10,14H2,1H3. The van der Waals surface area contributed by atoms with E-state index in [1.807, 2.05) is 37.3 Å². The zero-order valence-electron chi connectivity index (χ0n) is 10.1. The normalized spacial score (nSPS) is 17.3. The van der Waals surface area contributed by atoms with Crippen LogP contribution in [-0.2, 0) is 9.53 Å². The van der Waals surface area contributed by atoms with E-state index < -0.39 is 5.41 Å². The number of hydrogen-bond acceptors (Lipinski definition) is 3. The van der Waals surface area contributed by atoms with Crippen molar-refractivity contribution in [2.75, 3.05) is 31.2 Å². The maximum Gasteiger partial charge on any atom is 0.239 e. The first-order valence-corrected chi connectivity index (χ1v) is 5.88. The zero-order valence-corrected chi connectivity index (χ0v) is 10.1.